The number of carbonyl (C=O) groups excluding carboxylic acids is 4. The van der Waals surface area contributed by atoms with Crippen LogP contribution in [-0.2, 0) is 16.6 Å². The van der Waals surface area contributed by atoms with Crippen LogP contribution in [0.1, 0.15) is 38.1 Å². The molecule has 2 aromatic rings. The van der Waals surface area contributed by atoms with Crippen LogP contribution < -0.4 is 10.1 Å². The van der Waals surface area contributed by atoms with Crippen LogP contribution >= 0.6 is 0 Å². The summed E-state index contributed by atoms with van der Waals surface area (Å²) in [6.07, 6.45) is 1.49. The SMILES string of the molecule is COc1ccccc1C(=O)NC(=O)COC(=O)c1cc(C(C)=O)cn1C. The number of amides is 2. The molecule has 136 valence electrons. The quantitative estimate of drug-likeness (QED) is 0.617. The average Bonchev–Trinajstić information content (AvgIpc) is 3.01. The van der Waals surface area contributed by atoms with Crippen LogP contribution in [0.5, 0.6) is 5.75 Å². The van der Waals surface area contributed by atoms with E-state index in [4.69, 9.17) is 9.47 Å². The molecule has 1 aromatic heterocycles. The molecule has 26 heavy (non-hydrogen) atoms. The van der Waals surface area contributed by atoms with Crippen molar-refractivity contribution in [2.45, 2.75) is 6.92 Å². The molecule has 0 aliphatic carbocycles. The average molecular weight is 358 g/mol. The lowest BCUT2D eigenvalue weighted by molar-refractivity contribution is -0.123. The molecular weight excluding hydrogens is 340 g/mol. The summed E-state index contributed by atoms with van der Waals surface area (Å²) in [6, 6.07) is 7.78. The number of rotatable bonds is 6. The van der Waals surface area contributed by atoms with E-state index in [1.54, 1.807) is 25.2 Å². The van der Waals surface area contributed by atoms with Gasteiger partial charge in [0.1, 0.15) is 11.4 Å². The maximum absolute atomic E-state index is 12.1. The Kier molecular flexibility index (Phi) is 5.90. The Morgan fingerprint density at radius 2 is 1.85 bits per heavy atom. The zero-order chi connectivity index (χ0) is 19.3. The highest BCUT2D eigenvalue weighted by Gasteiger charge is 2.18. The van der Waals surface area contributed by atoms with Gasteiger partial charge in [0.25, 0.3) is 11.8 Å². The fourth-order valence-electron chi connectivity index (χ4n) is 2.23. The number of aryl methyl sites for hydroxylation is 1. The van der Waals surface area contributed by atoms with Gasteiger partial charge in [-0.15, -0.1) is 0 Å². The number of ketones is 1. The van der Waals surface area contributed by atoms with Gasteiger partial charge in [-0.2, -0.15) is 0 Å². The summed E-state index contributed by atoms with van der Waals surface area (Å²) in [5.74, 6) is -2.11. The number of nitrogens with one attached hydrogen (secondary N) is 1. The Morgan fingerprint density at radius 3 is 2.46 bits per heavy atom. The molecule has 8 nitrogen and oxygen atoms in total. The number of Topliss-reactive ketones (excluding diaryl/α,β-unsaturated/α-hetero) is 1. The zero-order valence-electron chi connectivity index (χ0n) is 14.6. The van der Waals surface area contributed by atoms with E-state index in [9.17, 15) is 19.2 Å². The van der Waals surface area contributed by atoms with E-state index >= 15 is 0 Å². The van der Waals surface area contributed by atoms with E-state index in [-0.39, 0.29) is 17.0 Å². The lowest BCUT2D eigenvalue weighted by Gasteiger charge is -2.09. The van der Waals surface area contributed by atoms with Gasteiger partial charge < -0.3 is 14.0 Å². The standard InChI is InChI=1S/C18H18N2O6/c1-11(21)12-8-14(20(2)9-12)18(24)26-10-16(22)19-17(23)13-6-4-5-7-15(13)25-3/h4-9H,10H2,1-3H3,(H,19,22,23). The van der Waals surface area contributed by atoms with Crippen molar-refractivity contribution in [3.05, 3.63) is 53.3 Å². The predicted octanol–water partition coefficient (Wildman–Crippen LogP) is 1.35. The monoisotopic (exact) mass is 358 g/mol. The second-order valence-corrected chi connectivity index (χ2v) is 5.43. The number of ether oxygens (including phenoxy) is 2. The van der Waals surface area contributed by atoms with Crippen molar-refractivity contribution in [2.24, 2.45) is 7.05 Å². The van der Waals surface area contributed by atoms with Gasteiger partial charge in [-0.1, -0.05) is 12.1 Å². The molecule has 0 fully saturated rings. The van der Waals surface area contributed by atoms with E-state index in [1.165, 1.54) is 36.9 Å². The van der Waals surface area contributed by atoms with E-state index < -0.39 is 24.4 Å². The largest absolute Gasteiger partial charge is 0.496 e. The van der Waals surface area contributed by atoms with Gasteiger partial charge in [0.05, 0.1) is 12.7 Å². The Bertz CT molecular complexity index is 868. The highest BCUT2D eigenvalue weighted by molar-refractivity contribution is 6.07. The summed E-state index contributed by atoms with van der Waals surface area (Å²) in [6.45, 7) is 0.738. The molecule has 2 amide bonds. The Labute approximate surface area is 149 Å². The van der Waals surface area contributed by atoms with E-state index in [1.807, 2.05) is 0 Å². The highest BCUT2D eigenvalue weighted by Crippen LogP contribution is 2.16. The van der Waals surface area contributed by atoms with Crippen LogP contribution in [-0.4, -0.2) is 41.9 Å². The summed E-state index contributed by atoms with van der Waals surface area (Å²) in [5.41, 5.74) is 0.664. The molecule has 0 atom stereocenters. The molecule has 0 aliphatic heterocycles. The number of hydrogen-bond acceptors (Lipinski definition) is 6. The van der Waals surface area contributed by atoms with Crippen molar-refractivity contribution in [3.8, 4) is 5.75 Å². The third kappa shape index (κ3) is 4.35. The summed E-state index contributed by atoms with van der Waals surface area (Å²) in [7, 11) is 2.99. The third-order valence-electron chi connectivity index (χ3n) is 3.56. The number of para-hydroxylation sites is 1. The minimum atomic E-state index is -0.782. The van der Waals surface area contributed by atoms with Gasteiger partial charge in [0.15, 0.2) is 12.4 Å². The number of imide groups is 1. The number of hydrogen-bond donors (Lipinski definition) is 1. The summed E-state index contributed by atoms with van der Waals surface area (Å²) in [4.78, 5) is 47.3. The molecule has 8 heteroatoms. The fourth-order valence-corrected chi connectivity index (χ4v) is 2.23. The molecule has 0 bridgehead atoms. The van der Waals surface area contributed by atoms with Crippen molar-refractivity contribution < 1.29 is 28.7 Å². The first-order chi connectivity index (χ1) is 12.3. The predicted molar refractivity (Wildman–Crippen MR) is 91.2 cm³/mol. The molecule has 0 saturated heterocycles. The number of nitrogens with zero attached hydrogens (tertiary/aromatic N) is 1. The van der Waals surface area contributed by atoms with Crippen LogP contribution in [0.4, 0.5) is 0 Å². The Balaban J connectivity index is 1.95. The first kappa shape index (κ1) is 18.9. The van der Waals surface area contributed by atoms with Gasteiger partial charge in [0, 0.05) is 18.8 Å². The van der Waals surface area contributed by atoms with Crippen molar-refractivity contribution in [1.29, 1.82) is 0 Å². The Hall–Kier alpha value is -3.42. The molecule has 1 heterocycles. The molecule has 0 radical (unpaired) electrons. The van der Waals surface area contributed by atoms with Crippen LogP contribution in [0.25, 0.3) is 0 Å². The van der Waals surface area contributed by atoms with Gasteiger partial charge in [-0.3, -0.25) is 19.7 Å². The lowest BCUT2D eigenvalue weighted by atomic mass is 10.2. The number of carbonyl (C=O) groups is 4. The zero-order valence-corrected chi connectivity index (χ0v) is 14.6. The molecule has 0 spiro atoms. The maximum atomic E-state index is 12.1. The van der Waals surface area contributed by atoms with Crippen molar-refractivity contribution in [3.63, 3.8) is 0 Å². The third-order valence-corrected chi connectivity index (χ3v) is 3.56. The summed E-state index contributed by atoms with van der Waals surface area (Å²) >= 11 is 0. The van der Waals surface area contributed by atoms with E-state index in [0.29, 0.717) is 11.3 Å². The van der Waals surface area contributed by atoms with E-state index in [2.05, 4.69) is 5.32 Å². The van der Waals surface area contributed by atoms with Crippen molar-refractivity contribution in [1.82, 2.24) is 9.88 Å². The fraction of sp³-hybridized carbons (Fsp3) is 0.222. The molecule has 0 unspecified atom stereocenters. The molecular formula is C18H18N2O6. The number of aromatic nitrogens is 1. The van der Waals surface area contributed by atoms with E-state index in [0.717, 1.165) is 0 Å². The van der Waals surface area contributed by atoms with Gasteiger partial charge in [0.2, 0.25) is 0 Å². The molecule has 1 aromatic carbocycles. The van der Waals surface area contributed by atoms with Crippen LogP contribution in [0.2, 0.25) is 0 Å². The number of methoxy groups -OCH3 is 1. The second kappa shape index (κ2) is 8.11. The van der Waals surface area contributed by atoms with Crippen molar-refractivity contribution >= 4 is 23.6 Å². The van der Waals surface area contributed by atoms with Gasteiger partial charge in [-0.25, -0.2) is 4.79 Å². The van der Waals surface area contributed by atoms with Gasteiger partial charge in [-0.05, 0) is 25.1 Å². The molecule has 2 rings (SSSR count). The maximum Gasteiger partial charge on any atom is 0.355 e. The number of benzene rings is 1. The normalized spacial score (nSPS) is 10.1. The summed E-state index contributed by atoms with van der Waals surface area (Å²) in [5, 5.41) is 2.12. The Morgan fingerprint density at radius 1 is 1.15 bits per heavy atom. The first-order valence-corrected chi connectivity index (χ1v) is 7.65. The molecule has 0 saturated carbocycles. The van der Waals surface area contributed by atoms with Crippen LogP contribution in [0.3, 0.4) is 0 Å². The van der Waals surface area contributed by atoms with Crippen LogP contribution in [0, 0.1) is 0 Å². The molecule has 1 N–H and O–H groups in total. The van der Waals surface area contributed by atoms with Crippen molar-refractivity contribution in [2.75, 3.05) is 13.7 Å². The second-order valence-electron chi connectivity index (χ2n) is 5.43. The minimum Gasteiger partial charge on any atom is -0.496 e. The van der Waals surface area contributed by atoms with Crippen LogP contribution in [0.15, 0.2) is 36.5 Å². The molecule has 0 aliphatic rings. The van der Waals surface area contributed by atoms with Gasteiger partial charge >= 0.3 is 5.97 Å². The highest BCUT2D eigenvalue weighted by atomic mass is 16.5. The first-order valence-electron chi connectivity index (χ1n) is 7.65. The minimum absolute atomic E-state index is 0.124. The lowest BCUT2D eigenvalue weighted by Crippen LogP contribution is -2.34. The number of esters is 1. The topological polar surface area (TPSA) is 104 Å². The summed E-state index contributed by atoms with van der Waals surface area (Å²) < 4.78 is 11.4. The smallest absolute Gasteiger partial charge is 0.355 e.